The van der Waals surface area contributed by atoms with Gasteiger partial charge in [-0.25, -0.2) is 8.70 Å². The number of hydrogen-bond donors (Lipinski definition) is 0. The summed E-state index contributed by atoms with van der Waals surface area (Å²) in [5.41, 5.74) is 3.42. The molecule has 2 aromatic rings. The van der Waals surface area contributed by atoms with Gasteiger partial charge in [-0.15, -0.1) is 0 Å². The average molecular weight is 429 g/mol. The van der Waals surface area contributed by atoms with Gasteiger partial charge in [0.25, 0.3) is 0 Å². The van der Waals surface area contributed by atoms with Crippen LogP contribution in [0.25, 0.3) is 0 Å². The number of ether oxygens (including phenoxy) is 1. The molecule has 2 aliphatic rings. The van der Waals surface area contributed by atoms with Gasteiger partial charge >= 0.3 is 0 Å². The van der Waals surface area contributed by atoms with Gasteiger partial charge in [0, 0.05) is 30.4 Å². The minimum atomic E-state index is -0.233. The zero-order chi connectivity index (χ0) is 21.3. The zero-order valence-corrected chi connectivity index (χ0v) is 18.7. The molecule has 0 N–H and O–H groups in total. The Hall–Kier alpha value is -1.89. The summed E-state index contributed by atoms with van der Waals surface area (Å²) in [4.78, 5) is 15.5. The van der Waals surface area contributed by atoms with Crippen LogP contribution < -0.4 is 0 Å². The maximum Gasteiger partial charge on any atom is 0.225 e. The Morgan fingerprint density at radius 2 is 1.93 bits per heavy atom. The van der Waals surface area contributed by atoms with Gasteiger partial charge in [0.05, 0.1) is 13.2 Å². The number of benzene rings is 2. The standard InChI is InChI=1S/C24H29FN2O2S/c1-4-27(24(15-29-16-24)20-6-8-21(25)9-7-20)30-22-10-5-19-14-26(23(28)17(2)3)12-11-18(19)13-22/h5-10,13,17H,4,11-12,14-16H2,1-3H3. The predicted molar refractivity (Wildman–Crippen MR) is 118 cm³/mol. The molecule has 6 heteroatoms. The lowest BCUT2D eigenvalue weighted by Gasteiger charge is -2.49. The number of likely N-dealkylation sites (N-methyl/N-ethyl adjacent to an activating group) is 1. The maximum absolute atomic E-state index is 13.4. The Morgan fingerprint density at radius 1 is 1.20 bits per heavy atom. The first kappa shape index (κ1) is 21.3. The van der Waals surface area contributed by atoms with Crippen molar-refractivity contribution in [1.82, 2.24) is 9.21 Å². The van der Waals surface area contributed by atoms with E-state index in [0.29, 0.717) is 19.8 Å². The third kappa shape index (κ3) is 4.01. The van der Waals surface area contributed by atoms with Crippen LogP contribution in [0.3, 0.4) is 0 Å². The van der Waals surface area contributed by atoms with E-state index in [1.54, 1.807) is 11.9 Å². The smallest absolute Gasteiger partial charge is 0.225 e. The molecule has 2 heterocycles. The van der Waals surface area contributed by atoms with E-state index in [-0.39, 0.29) is 23.2 Å². The van der Waals surface area contributed by atoms with Crippen LogP contribution in [0.4, 0.5) is 4.39 Å². The summed E-state index contributed by atoms with van der Waals surface area (Å²) in [5.74, 6) is 0.0406. The van der Waals surface area contributed by atoms with Crippen LogP contribution in [0.1, 0.15) is 37.5 Å². The average Bonchev–Trinajstić information content (AvgIpc) is 2.72. The predicted octanol–water partition coefficient (Wildman–Crippen LogP) is 4.62. The molecule has 1 fully saturated rings. The van der Waals surface area contributed by atoms with Crippen LogP contribution in [0, 0.1) is 11.7 Å². The molecule has 1 amide bonds. The van der Waals surface area contributed by atoms with Crippen molar-refractivity contribution in [3.63, 3.8) is 0 Å². The highest BCUT2D eigenvalue weighted by Crippen LogP contribution is 2.42. The van der Waals surface area contributed by atoms with Crippen molar-refractivity contribution in [1.29, 1.82) is 0 Å². The number of carbonyl (C=O) groups excluding carboxylic acids is 1. The van der Waals surface area contributed by atoms with Crippen molar-refractivity contribution in [2.24, 2.45) is 5.92 Å². The molecule has 1 saturated heterocycles. The fourth-order valence-electron chi connectivity index (χ4n) is 4.23. The largest absolute Gasteiger partial charge is 0.377 e. The van der Waals surface area contributed by atoms with Crippen LogP contribution in [-0.2, 0) is 28.0 Å². The van der Waals surface area contributed by atoms with Gasteiger partial charge in [-0.05, 0) is 59.3 Å². The molecule has 0 aliphatic carbocycles. The first-order valence-electron chi connectivity index (χ1n) is 10.6. The van der Waals surface area contributed by atoms with E-state index in [4.69, 9.17) is 4.74 Å². The summed E-state index contributed by atoms with van der Waals surface area (Å²) in [6.07, 6.45) is 0.889. The van der Waals surface area contributed by atoms with E-state index in [2.05, 4.69) is 29.4 Å². The number of amides is 1. The zero-order valence-electron chi connectivity index (χ0n) is 17.9. The third-order valence-electron chi connectivity index (χ3n) is 6.04. The van der Waals surface area contributed by atoms with Crippen LogP contribution in [0.15, 0.2) is 47.4 Å². The topological polar surface area (TPSA) is 32.8 Å². The molecule has 0 unspecified atom stereocenters. The summed E-state index contributed by atoms with van der Waals surface area (Å²) in [7, 11) is 0. The van der Waals surface area contributed by atoms with Crippen LogP contribution in [-0.4, -0.2) is 41.4 Å². The van der Waals surface area contributed by atoms with Crippen molar-refractivity contribution in [3.8, 4) is 0 Å². The minimum absolute atomic E-state index is 0.0341. The highest BCUT2D eigenvalue weighted by Gasteiger charge is 2.46. The second-order valence-corrected chi connectivity index (χ2v) is 9.51. The Labute approximate surface area is 182 Å². The van der Waals surface area contributed by atoms with Gasteiger partial charge in [-0.2, -0.15) is 0 Å². The van der Waals surface area contributed by atoms with E-state index >= 15 is 0 Å². The Bertz CT molecular complexity index is 912. The monoisotopic (exact) mass is 428 g/mol. The summed E-state index contributed by atoms with van der Waals surface area (Å²) in [6, 6.07) is 13.4. The lowest BCUT2D eigenvalue weighted by molar-refractivity contribution is -0.135. The first-order chi connectivity index (χ1) is 14.4. The van der Waals surface area contributed by atoms with Crippen molar-refractivity contribution in [3.05, 3.63) is 65.0 Å². The molecule has 4 nitrogen and oxygen atoms in total. The Balaban J connectivity index is 1.52. The number of fused-ring (bicyclic) bond motifs is 1. The van der Waals surface area contributed by atoms with Crippen LogP contribution >= 0.6 is 11.9 Å². The minimum Gasteiger partial charge on any atom is -0.377 e. The van der Waals surface area contributed by atoms with Crippen LogP contribution in [0.2, 0.25) is 0 Å². The molecular formula is C24H29FN2O2S. The van der Waals surface area contributed by atoms with E-state index in [9.17, 15) is 9.18 Å². The van der Waals surface area contributed by atoms with Gasteiger partial charge in [0.1, 0.15) is 11.4 Å². The van der Waals surface area contributed by atoms with Gasteiger partial charge in [-0.3, -0.25) is 4.79 Å². The second-order valence-electron chi connectivity index (χ2n) is 8.41. The number of rotatable bonds is 6. The Kier molecular flexibility index (Phi) is 6.19. The van der Waals surface area contributed by atoms with Crippen molar-refractivity contribution in [2.45, 2.75) is 44.2 Å². The van der Waals surface area contributed by atoms with E-state index < -0.39 is 0 Å². The summed E-state index contributed by atoms with van der Waals surface area (Å²) >= 11 is 1.73. The van der Waals surface area contributed by atoms with E-state index in [1.807, 2.05) is 30.9 Å². The first-order valence-corrected chi connectivity index (χ1v) is 11.4. The fraction of sp³-hybridized carbons (Fsp3) is 0.458. The molecule has 4 rings (SSSR count). The third-order valence-corrected chi connectivity index (χ3v) is 7.33. The molecule has 30 heavy (non-hydrogen) atoms. The molecule has 0 bridgehead atoms. The molecule has 0 radical (unpaired) electrons. The highest BCUT2D eigenvalue weighted by atomic mass is 32.2. The van der Waals surface area contributed by atoms with E-state index in [1.165, 1.54) is 28.2 Å². The van der Waals surface area contributed by atoms with Crippen molar-refractivity contribution in [2.75, 3.05) is 26.3 Å². The Morgan fingerprint density at radius 3 is 2.53 bits per heavy atom. The molecule has 0 aromatic heterocycles. The molecule has 160 valence electrons. The summed E-state index contributed by atoms with van der Waals surface area (Å²) in [5, 5.41) is 0. The number of halogens is 1. The summed E-state index contributed by atoms with van der Waals surface area (Å²) in [6.45, 7) is 9.60. The quantitative estimate of drug-likeness (QED) is 0.629. The molecule has 2 aliphatic heterocycles. The molecule has 0 saturated carbocycles. The number of nitrogens with zero attached hydrogens (tertiary/aromatic N) is 2. The molecule has 2 aromatic carbocycles. The van der Waals surface area contributed by atoms with Crippen LogP contribution in [0.5, 0.6) is 0 Å². The SMILES string of the molecule is CCN(Sc1ccc2c(c1)CCN(C(=O)C(C)C)C2)C1(c2ccc(F)cc2)COC1. The molecule has 0 spiro atoms. The van der Waals surface area contributed by atoms with Crippen molar-refractivity contribution < 1.29 is 13.9 Å². The second kappa shape index (κ2) is 8.69. The molecule has 0 atom stereocenters. The summed E-state index contributed by atoms with van der Waals surface area (Å²) < 4.78 is 21.4. The molecular weight excluding hydrogens is 399 g/mol. The fourth-order valence-corrected chi connectivity index (χ4v) is 5.32. The maximum atomic E-state index is 13.4. The number of hydrogen-bond acceptors (Lipinski definition) is 4. The van der Waals surface area contributed by atoms with Gasteiger partial charge in [-0.1, -0.05) is 39.0 Å². The lowest BCUT2D eigenvalue weighted by atomic mass is 9.88. The van der Waals surface area contributed by atoms with Gasteiger partial charge < -0.3 is 9.64 Å². The lowest BCUT2D eigenvalue weighted by Crippen LogP contribution is -2.56. The van der Waals surface area contributed by atoms with E-state index in [0.717, 1.165) is 25.1 Å². The highest BCUT2D eigenvalue weighted by molar-refractivity contribution is 7.97. The number of carbonyl (C=O) groups is 1. The normalized spacial score (nSPS) is 17.7. The van der Waals surface area contributed by atoms with Crippen molar-refractivity contribution >= 4 is 17.9 Å². The van der Waals surface area contributed by atoms with Gasteiger partial charge in [0.2, 0.25) is 5.91 Å². The van der Waals surface area contributed by atoms with Gasteiger partial charge in [0.15, 0.2) is 0 Å².